The molecule has 24 heavy (non-hydrogen) atoms. The van der Waals surface area contributed by atoms with Gasteiger partial charge in [-0.3, -0.25) is 9.59 Å². The number of nitrogens with zero attached hydrogens (tertiary/aromatic N) is 2. The molecule has 0 aromatic heterocycles. The molecule has 0 spiro atoms. The molecule has 2 amide bonds. The van der Waals surface area contributed by atoms with Crippen LogP contribution >= 0.6 is 11.6 Å². The fourth-order valence-corrected chi connectivity index (χ4v) is 3.26. The third kappa shape index (κ3) is 2.89. The lowest BCUT2D eigenvalue weighted by Crippen LogP contribution is -2.58. The van der Waals surface area contributed by atoms with Gasteiger partial charge in [-0.15, -0.1) is 0 Å². The summed E-state index contributed by atoms with van der Waals surface area (Å²) in [7, 11) is 0. The van der Waals surface area contributed by atoms with Crippen LogP contribution in [0.3, 0.4) is 0 Å². The Bertz CT molecular complexity index is 790. The van der Waals surface area contributed by atoms with E-state index in [1.165, 1.54) is 0 Å². The minimum atomic E-state index is -0.526. The second-order valence-electron chi connectivity index (χ2n) is 5.93. The highest BCUT2D eigenvalue weighted by molar-refractivity contribution is 6.33. The number of anilines is 1. The van der Waals surface area contributed by atoms with Crippen LogP contribution in [-0.2, 0) is 4.79 Å². The van der Waals surface area contributed by atoms with Gasteiger partial charge in [0.2, 0.25) is 5.91 Å². The van der Waals surface area contributed by atoms with Crippen LogP contribution in [0.2, 0.25) is 5.02 Å². The second kappa shape index (κ2) is 6.65. The van der Waals surface area contributed by atoms with E-state index < -0.39 is 6.04 Å². The first kappa shape index (κ1) is 16.5. The summed E-state index contributed by atoms with van der Waals surface area (Å²) >= 11 is 6.12. The molecule has 2 aromatic rings. The van der Waals surface area contributed by atoms with E-state index in [1.54, 1.807) is 41.0 Å². The Morgan fingerprint density at radius 3 is 2.46 bits per heavy atom. The van der Waals surface area contributed by atoms with Gasteiger partial charge in [0.25, 0.3) is 5.91 Å². The highest BCUT2D eigenvalue weighted by Gasteiger charge is 2.36. The standard InChI is InChI=1S/C19H19ClN2O2/c1-13-7-3-6-10-17(13)22-12-11-21(14(2)18(22)23)19(24)15-8-4-5-9-16(15)20/h3-10,14H,11-12H2,1-2H3/t14-/m0/s1. The topological polar surface area (TPSA) is 40.6 Å². The van der Waals surface area contributed by atoms with Gasteiger partial charge < -0.3 is 9.80 Å². The molecule has 1 aliphatic rings. The molecule has 1 atom stereocenters. The number of benzene rings is 2. The highest BCUT2D eigenvalue weighted by Crippen LogP contribution is 2.26. The summed E-state index contributed by atoms with van der Waals surface area (Å²) in [5.74, 6) is -0.276. The van der Waals surface area contributed by atoms with E-state index >= 15 is 0 Å². The van der Waals surface area contributed by atoms with Crippen LogP contribution in [0.5, 0.6) is 0 Å². The van der Waals surface area contributed by atoms with Gasteiger partial charge in [0.15, 0.2) is 0 Å². The van der Waals surface area contributed by atoms with E-state index in [9.17, 15) is 9.59 Å². The Morgan fingerprint density at radius 1 is 1.08 bits per heavy atom. The number of para-hydroxylation sites is 1. The largest absolute Gasteiger partial charge is 0.325 e. The van der Waals surface area contributed by atoms with Gasteiger partial charge in [0.05, 0.1) is 10.6 Å². The van der Waals surface area contributed by atoms with Crippen molar-refractivity contribution in [1.82, 2.24) is 4.90 Å². The number of carbonyl (C=O) groups is 2. The number of aryl methyl sites for hydroxylation is 1. The van der Waals surface area contributed by atoms with Gasteiger partial charge in [-0.1, -0.05) is 41.9 Å². The third-order valence-corrected chi connectivity index (χ3v) is 4.76. The first-order valence-electron chi connectivity index (χ1n) is 7.93. The summed E-state index contributed by atoms with van der Waals surface area (Å²) < 4.78 is 0. The summed E-state index contributed by atoms with van der Waals surface area (Å²) in [6, 6.07) is 14.2. The van der Waals surface area contributed by atoms with Crippen LogP contribution in [0, 0.1) is 6.92 Å². The molecule has 0 bridgehead atoms. The van der Waals surface area contributed by atoms with E-state index in [-0.39, 0.29) is 11.8 Å². The van der Waals surface area contributed by atoms with Gasteiger partial charge in [-0.25, -0.2) is 0 Å². The van der Waals surface area contributed by atoms with Gasteiger partial charge in [-0.05, 0) is 37.6 Å². The molecule has 0 aliphatic carbocycles. The van der Waals surface area contributed by atoms with Crippen molar-refractivity contribution in [2.45, 2.75) is 19.9 Å². The maximum Gasteiger partial charge on any atom is 0.256 e. The van der Waals surface area contributed by atoms with Crippen molar-refractivity contribution in [3.63, 3.8) is 0 Å². The number of carbonyl (C=O) groups excluding carboxylic acids is 2. The maximum absolute atomic E-state index is 12.8. The van der Waals surface area contributed by atoms with E-state index in [0.29, 0.717) is 23.7 Å². The average molecular weight is 343 g/mol. The first-order valence-corrected chi connectivity index (χ1v) is 8.31. The summed E-state index contributed by atoms with van der Waals surface area (Å²) in [6.07, 6.45) is 0. The molecule has 0 N–H and O–H groups in total. The van der Waals surface area contributed by atoms with Crippen molar-refractivity contribution in [3.05, 3.63) is 64.7 Å². The Kier molecular flexibility index (Phi) is 4.58. The lowest BCUT2D eigenvalue weighted by Gasteiger charge is -2.39. The molecular formula is C19H19ClN2O2. The zero-order chi connectivity index (χ0) is 17.3. The molecule has 4 nitrogen and oxygen atoms in total. The molecule has 1 heterocycles. The van der Waals surface area contributed by atoms with Gasteiger partial charge in [0.1, 0.15) is 6.04 Å². The summed E-state index contributed by atoms with van der Waals surface area (Å²) in [5, 5.41) is 0.406. The minimum absolute atomic E-state index is 0.0732. The number of hydrogen-bond acceptors (Lipinski definition) is 2. The van der Waals surface area contributed by atoms with Gasteiger partial charge in [-0.2, -0.15) is 0 Å². The second-order valence-corrected chi connectivity index (χ2v) is 6.34. The predicted molar refractivity (Wildman–Crippen MR) is 95.5 cm³/mol. The van der Waals surface area contributed by atoms with Crippen molar-refractivity contribution in [3.8, 4) is 0 Å². The van der Waals surface area contributed by atoms with E-state index in [0.717, 1.165) is 11.3 Å². The molecule has 5 heteroatoms. The Morgan fingerprint density at radius 2 is 1.75 bits per heavy atom. The molecular weight excluding hydrogens is 324 g/mol. The van der Waals surface area contributed by atoms with Crippen LogP contribution in [0.25, 0.3) is 0 Å². The quantitative estimate of drug-likeness (QED) is 0.837. The van der Waals surface area contributed by atoms with Crippen LogP contribution in [0.1, 0.15) is 22.8 Å². The number of rotatable bonds is 2. The van der Waals surface area contributed by atoms with Gasteiger partial charge >= 0.3 is 0 Å². The number of hydrogen-bond donors (Lipinski definition) is 0. The van der Waals surface area contributed by atoms with E-state index in [1.807, 2.05) is 31.2 Å². The molecule has 1 aliphatic heterocycles. The van der Waals surface area contributed by atoms with Crippen molar-refractivity contribution in [2.75, 3.05) is 18.0 Å². The lowest BCUT2D eigenvalue weighted by molar-refractivity contribution is -0.124. The van der Waals surface area contributed by atoms with Crippen molar-refractivity contribution in [1.29, 1.82) is 0 Å². The zero-order valence-corrected chi connectivity index (χ0v) is 14.5. The molecule has 0 radical (unpaired) electrons. The van der Waals surface area contributed by atoms with Crippen molar-refractivity contribution >= 4 is 29.1 Å². The molecule has 1 saturated heterocycles. The Balaban J connectivity index is 1.84. The first-order chi connectivity index (χ1) is 11.5. The van der Waals surface area contributed by atoms with Crippen LogP contribution in [-0.4, -0.2) is 35.8 Å². The van der Waals surface area contributed by atoms with Crippen molar-refractivity contribution < 1.29 is 9.59 Å². The van der Waals surface area contributed by atoms with Crippen LogP contribution in [0.15, 0.2) is 48.5 Å². The zero-order valence-electron chi connectivity index (χ0n) is 13.7. The summed E-state index contributed by atoms with van der Waals surface area (Å²) in [5.41, 5.74) is 2.38. The molecule has 3 rings (SSSR count). The molecule has 2 aromatic carbocycles. The third-order valence-electron chi connectivity index (χ3n) is 4.43. The fourth-order valence-electron chi connectivity index (χ4n) is 3.04. The summed E-state index contributed by atoms with van der Waals surface area (Å²) in [6.45, 7) is 4.70. The van der Waals surface area contributed by atoms with Crippen molar-refractivity contribution in [2.24, 2.45) is 0 Å². The van der Waals surface area contributed by atoms with Crippen LogP contribution in [0.4, 0.5) is 5.69 Å². The Hall–Kier alpha value is -2.33. The Labute approximate surface area is 146 Å². The average Bonchev–Trinajstić information content (AvgIpc) is 2.58. The van der Waals surface area contributed by atoms with E-state index in [4.69, 9.17) is 11.6 Å². The van der Waals surface area contributed by atoms with Crippen LogP contribution < -0.4 is 4.90 Å². The fraction of sp³-hybridized carbons (Fsp3) is 0.263. The lowest BCUT2D eigenvalue weighted by atomic mass is 10.1. The predicted octanol–water partition coefficient (Wildman–Crippen LogP) is 3.53. The van der Waals surface area contributed by atoms with Gasteiger partial charge in [0, 0.05) is 18.8 Å². The maximum atomic E-state index is 12.8. The molecule has 124 valence electrons. The molecule has 1 fully saturated rings. The summed E-state index contributed by atoms with van der Waals surface area (Å²) in [4.78, 5) is 28.9. The monoisotopic (exact) mass is 342 g/mol. The smallest absolute Gasteiger partial charge is 0.256 e. The number of amides is 2. The SMILES string of the molecule is Cc1ccccc1N1CCN(C(=O)c2ccccc2Cl)[C@@H](C)C1=O. The normalized spacial score (nSPS) is 18.0. The number of piperazine rings is 1. The number of halogens is 1. The van der Waals surface area contributed by atoms with E-state index in [2.05, 4.69) is 0 Å². The molecule has 0 unspecified atom stereocenters. The molecule has 0 saturated carbocycles. The highest BCUT2D eigenvalue weighted by atomic mass is 35.5. The minimum Gasteiger partial charge on any atom is -0.325 e.